The molecule has 4 heteroatoms. The molecule has 0 fully saturated rings. The Morgan fingerprint density at radius 2 is 0.657 bits per heavy atom. The average Bonchev–Trinajstić information content (AvgIpc) is 3.86. The molecule has 12 aromatic rings. The Morgan fingerprint density at radius 1 is 0.329 bits per heavy atom. The molecule has 334 valence electrons. The largest absolute Gasteiger partial charge is 0.309 e. The predicted octanol–water partition coefficient (Wildman–Crippen LogP) is 17.3. The summed E-state index contributed by atoms with van der Waals surface area (Å²) >= 11 is 0. The number of pyridine rings is 1. The number of aryl methyl sites for hydroxylation is 6. The van der Waals surface area contributed by atoms with Crippen LogP contribution in [0.5, 0.6) is 0 Å². The van der Waals surface area contributed by atoms with Gasteiger partial charge in [0.2, 0.25) is 0 Å². The highest BCUT2D eigenvalue weighted by Crippen LogP contribution is 2.44. The molecule has 0 spiro atoms. The maximum Gasteiger partial charge on any atom is 0.101 e. The summed E-state index contributed by atoms with van der Waals surface area (Å²) in [6.07, 6.45) is 0. The zero-order chi connectivity index (χ0) is 47.8. The second kappa shape index (κ2) is 16.8. The van der Waals surface area contributed by atoms with Gasteiger partial charge in [0.15, 0.2) is 0 Å². The highest BCUT2D eigenvalue weighted by Gasteiger charge is 2.24. The monoisotopic (exact) mass is 898 g/mol. The summed E-state index contributed by atoms with van der Waals surface area (Å²) in [6.45, 7) is 12.7. The van der Waals surface area contributed by atoms with Gasteiger partial charge in [-0.3, -0.25) is 4.98 Å². The molecule has 0 unspecified atom stereocenters. The molecule has 0 aliphatic rings. The molecule has 0 N–H and O–H groups in total. The molecule has 0 aliphatic carbocycles. The summed E-state index contributed by atoms with van der Waals surface area (Å²) in [4.78, 5) is 4.87. The van der Waals surface area contributed by atoms with E-state index in [0.717, 1.165) is 122 Å². The van der Waals surface area contributed by atoms with E-state index in [1.165, 1.54) is 22.3 Å². The summed E-state index contributed by atoms with van der Waals surface area (Å²) in [6, 6.07) is 73.6. The van der Waals surface area contributed by atoms with Crippen LogP contribution >= 0.6 is 0 Å². The van der Waals surface area contributed by atoms with E-state index in [0.29, 0.717) is 5.56 Å². The van der Waals surface area contributed by atoms with Crippen molar-refractivity contribution in [2.24, 2.45) is 0 Å². The summed E-state index contributed by atoms with van der Waals surface area (Å²) in [5.74, 6) is 0. The van der Waals surface area contributed by atoms with Gasteiger partial charge in [0, 0.05) is 38.5 Å². The van der Waals surface area contributed by atoms with Crippen LogP contribution in [0.25, 0.3) is 111 Å². The number of fused-ring (bicyclic) bond motifs is 6. The Bertz CT molecular complexity index is 3930. The van der Waals surface area contributed by atoms with Crippen LogP contribution in [-0.2, 0) is 0 Å². The molecule has 0 saturated carbocycles. The zero-order valence-corrected chi connectivity index (χ0v) is 40.3. The van der Waals surface area contributed by atoms with Gasteiger partial charge >= 0.3 is 0 Å². The van der Waals surface area contributed by atoms with E-state index in [1.807, 2.05) is 0 Å². The van der Waals surface area contributed by atoms with Crippen LogP contribution in [0.3, 0.4) is 0 Å². The molecule has 0 radical (unpaired) electrons. The molecule has 3 heterocycles. The molecule has 4 nitrogen and oxygen atoms in total. The number of hydrogen-bond donors (Lipinski definition) is 0. The molecule has 3 aromatic heterocycles. The van der Waals surface area contributed by atoms with Crippen molar-refractivity contribution < 1.29 is 0 Å². The molecule has 12 rings (SSSR count). The van der Waals surface area contributed by atoms with Gasteiger partial charge in [-0.25, -0.2) is 0 Å². The highest BCUT2D eigenvalue weighted by molar-refractivity contribution is 6.13. The average molecular weight is 899 g/mol. The van der Waals surface area contributed by atoms with E-state index >= 15 is 0 Å². The summed E-state index contributed by atoms with van der Waals surface area (Å²) in [5, 5.41) is 16.2. The van der Waals surface area contributed by atoms with Gasteiger partial charge in [-0.1, -0.05) is 168 Å². The van der Waals surface area contributed by atoms with Crippen molar-refractivity contribution in [1.29, 1.82) is 5.26 Å². The maximum absolute atomic E-state index is 11.6. The van der Waals surface area contributed by atoms with Gasteiger partial charge < -0.3 is 9.13 Å². The van der Waals surface area contributed by atoms with Crippen LogP contribution in [0.2, 0.25) is 0 Å². The minimum atomic E-state index is 0.571. The first kappa shape index (κ1) is 42.6. The Hall–Kier alpha value is -8.78. The van der Waals surface area contributed by atoms with E-state index in [1.54, 1.807) is 0 Å². The highest BCUT2D eigenvalue weighted by atomic mass is 15.0. The third-order valence-electron chi connectivity index (χ3n) is 14.0. The minimum absolute atomic E-state index is 0.571. The molecule has 70 heavy (non-hydrogen) atoms. The van der Waals surface area contributed by atoms with E-state index < -0.39 is 0 Å². The van der Waals surface area contributed by atoms with Crippen LogP contribution in [-0.4, -0.2) is 14.1 Å². The van der Waals surface area contributed by atoms with E-state index in [2.05, 4.69) is 251 Å². The first-order valence-electron chi connectivity index (χ1n) is 24.1. The number of nitrogens with zero attached hydrogens (tertiary/aromatic N) is 4. The fraction of sp³-hybridized carbons (Fsp3) is 0.0909. The Balaban J connectivity index is 1.21. The van der Waals surface area contributed by atoms with Crippen LogP contribution in [0.1, 0.15) is 39.2 Å². The second-order valence-corrected chi connectivity index (χ2v) is 19.2. The fourth-order valence-corrected chi connectivity index (χ4v) is 10.8. The van der Waals surface area contributed by atoms with Crippen LogP contribution < -0.4 is 0 Å². The molecule has 0 aliphatic heterocycles. The van der Waals surface area contributed by atoms with Gasteiger partial charge in [-0.05, 0) is 140 Å². The lowest BCUT2D eigenvalue weighted by atomic mass is 9.98. The lowest BCUT2D eigenvalue weighted by molar-refractivity contribution is 1.11. The molecular weight excluding hydrogens is 849 g/mol. The van der Waals surface area contributed by atoms with Crippen molar-refractivity contribution >= 4 is 43.6 Å². The van der Waals surface area contributed by atoms with Gasteiger partial charge in [-0.15, -0.1) is 0 Å². The topological polar surface area (TPSA) is 46.5 Å². The van der Waals surface area contributed by atoms with Crippen molar-refractivity contribution in [2.45, 2.75) is 41.5 Å². The second-order valence-electron chi connectivity index (χ2n) is 19.2. The Morgan fingerprint density at radius 3 is 0.986 bits per heavy atom. The molecular formula is C66H50N4. The third-order valence-corrected chi connectivity index (χ3v) is 14.0. The van der Waals surface area contributed by atoms with Crippen molar-refractivity contribution in [1.82, 2.24) is 14.1 Å². The van der Waals surface area contributed by atoms with Gasteiger partial charge in [0.25, 0.3) is 0 Å². The number of benzene rings is 9. The minimum Gasteiger partial charge on any atom is -0.309 e. The third kappa shape index (κ3) is 7.35. The normalized spacial score (nSPS) is 11.6. The molecule has 0 amide bonds. The van der Waals surface area contributed by atoms with Crippen LogP contribution in [0.4, 0.5) is 0 Å². The summed E-state index contributed by atoms with van der Waals surface area (Å²) in [7, 11) is 0. The molecule has 9 aromatic carbocycles. The number of rotatable bonds is 7. The lowest BCUT2D eigenvalue weighted by Crippen LogP contribution is -2.04. The van der Waals surface area contributed by atoms with Crippen molar-refractivity contribution in [3.63, 3.8) is 0 Å². The number of nitriles is 1. The van der Waals surface area contributed by atoms with Crippen molar-refractivity contribution in [3.05, 3.63) is 233 Å². The maximum atomic E-state index is 11.6. The van der Waals surface area contributed by atoms with E-state index in [-0.39, 0.29) is 0 Å². The van der Waals surface area contributed by atoms with E-state index in [9.17, 15) is 5.26 Å². The first-order chi connectivity index (χ1) is 34.1. The van der Waals surface area contributed by atoms with Crippen LogP contribution in [0.15, 0.2) is 194 Å². The Labute approximate surface area is 409 Å². The van der Waals surface area contributed by atoms with Gasteiger partial charge in [0.1, 0.15) is 6.07 Å². The predicted molar refractivity (Wildman–Crippen MR) is 293 cm³/mol. The zero-order valence-electron chi connectivity index (χ0n) is 40.3. The van der Waals surface area contributed by atoms with Crippen molar-refractivity contribution in [3.8, 4) is 73.1 Å². The number of aromatic nitrogens is 3. The molecule has 0 saturated heterocycles. The molecule has 0 bridgehead atoms. The SMILES string of the molecule is Cc1cccc(-c2ccc3c4ccc(-c5cccc(C)c5)cc4n(-c4cc(-c5cc(C)nc(C)c5)c(-n5c6cc(-c7cccc(C)c7)ccc6c6ccc(-c7cccc(C)c7)cc65)cc4C#N)c3c2)c1. The fourth-order valence-electron chi connectivity index (χ4n) is 10.8. The summed E-state index contributed by atoms with van der Waals surface area (Å²) in [5.41, 5.74) is 24.4. The quantitative estimate of drug-likeness (QED) is 0.160. The van der Waals surface area contributed by atoms with Crippen molar-refractivity contribution in [2.75, 3.05) is 0 Å². The van der Waals surface area contributed by atoms with Crippen LogP contribution in [0, 0.1) is 52.9 Å². The first-order valence-corrected chi connectivity index (χ1v) is 24.1. The van der Waals surface area contributed by atoms with Gasteiger partial charge in [0.05, 0.1) is 39.0 Å². The standard InChI is InChI=1S/C66H50N4/c1-40-11-7-15-46(27-40)50-19-23-56-57-24-20-51(47-16-8-12-41(2)28-47)34-63(57)69(62(56)33-50)61-38-60(54-31-44(5)68-45(6)32-54)66(37-55(61)39-67)70-64-35-52(48-17-9-13-42(3)29-48)21-25-58(64)59-26-22-53(36-65(59)70)49-18-10-14-43(4)30-49/h7-38H,1-6H3. The lowest BCUT2D eigenvalue weighted by Gasteiger charge is -2.20. The van der Waals surface area contributed by atoms with Gasteiger partial charge in [-0.2, -0.15) is 5.26 Å². The number of hydrogen-bond acceptors (Lipinski definition) is 2. The molecule has 0 atom stereocenters. The summed E-state index contributed by atoms with van der Waals surface area (Å²) < 4.78 is 4.75. The smallest absolute Gasteiger partial charge is 0.101 e. The Kier molecular flexibility index (Phi) is 10.2. The van der Waals surface area contributed by atoms with E-state index in [4.69, 9.17) is 4.98 Å².